The Bertz CT molecular complexity index is 819. The van der Waals surface area contributed by atoms with Gasteiger partial charge >= 0.3 is 0 Å². The van der Waals surface area contributed by atoms with Gasteiger partial charge in [-0.25, -0.2) is 0 Å². The smallest absolute Gasteiger partial charge is 0.252 e. The van der Waals surface area contributed by atoms with E-state index in [1.807, 2.05) is 6.07 Å². The number of carbonyl (C=O) groups excluding carboxylic acids is 1. The Labute approximate surface area is 165 Å². The summed E-state index contributed by atoms with van der Waals surface area (Å²) in [6.45, 7) is 0. The average molecular weight is 386 g/mol. The summed E-state index contributed by atoms with van der Waals surface area (Å²) in [6, 6.07) is 3.53. The Morgan fingerprint density at radius 1 is 1.18 bits per heavy atom. The van der Waals surface area contributed by atoms with Crippen LogP contribution < -0.4 is 5.73 Å². The zero-order valence-electron chi connectivity index (χ0n) is 16.4. The van der Waals surface area contributed by atoms with Crippen molar-refractivity contribution in [2.75, 3.05) is 0 Å². The van der Waals surface area contributed by atoms with Crippen molar-refractivity contribution in [1.29, 1.82) is 0 Å². The quantitative estimate of drug-likeness (QED) is 0.642. The summed E-state index contributed by atoms with van der Waals surface area (Å²) in [5.41, 5.74) is 5.69. The van der Waals surface area contributed by atoms with Gasteiger partial charge in [-0.2, -0.15) is 0 Å². The normalized spacial score (nSPS) is 39.6. The van der Waals surface area contributed by atoms with Gasteiger partial charge in [-0.1, -0.05) is 25.3 Å². The minimum Gasteiger partial charge on any atom is -0.507 e. The van der Waals surface area contributed by atoms with E-state index in [0.717, 1.165) is 30.7 Å². The highest BCUT2D eigenvalue weighted by Gasteiger charge is 2.65. The molecule has 5 nitrogen and oxygen atoms in total. The summed E-state index contributed by atoms with van der Waals surface area (Å²) in [5, 5.41) is 33.7. The molecule has 1 aromatic rings. The first-order chi connectivity index (χ1) is 13.4. The Kier molecular flexibility index (Phi) is 4.08. The lowest BCUT2D eigenvalue weighted by Crippen LogP contribution is -2.67. The van der Waals surface area contributed by atoms with Crippen LogP contribution in [0.25, 0.3) is 0 Å². The first-order valence-corrected chi connectivity index (χ1v) is 10.9. The third-order valence-corrected chi connectivity index (χ3v) is 8.70. The van der Waals surface area contributed by atoms with E-state index in [4.69, 9.17) is 5.73 Å². The van der Waals surface area contributed by atoms with E-state index in [1.165, 1.54) is 25.7 Å². The number of primary amides is 1. The molecular weight excluding hydrogens is 354 g/mol. The molecule has 5 heteroatoms. The van der Waals surface area contributed by atoms with E-state index in [9.17, 15) is 20.1 Å². The molecule has 3 saturated carbocycles. The highest BCUT2D eigenvalue weighted by molar-refractivity contribution is 5.96. The Morgan fingerprint density at radius 2 is 1.96 bits per heavy atom. The van der Waals surface area contributed by atoms with Gasteiger partial charge in [0.15, 0.2) is 0 Å². The van der Waals surface area contributed by atoms with Crippen LogP contribution in [0.5, 0.6) is 5.75 Å². The van der Waals surface area contributed by atoms with Crippen molar-refractivity contribution in [3.63, 3.8) is 0 Å². The summed E-state index contributed by atoms with van der Waals surface area (Å²) < 4.78 is 0. The maximum absolute atomic E-state index is 12.1. The van der Waals surface area contributed by atoms with E-state index in [0.29, 0.717) is 30.7 Å². The van der Waals surface area contributed by atoms with Gasteiger partial charge in [-0.15, -0.1) is 0 Å². The number of aliphatic hydroxyl groups excluding tert-OH is 1. The predicted octanol–water partition coefficient (Wildman–Crippen LogP) is 2.78. The molecule has 28 heavy (non-hydrogen) atoms. The average Bonchev–Trinajstić information content (AvgIpc) is 2.59. The molecule has 0 spiro atoms. The van der Waals surface area contributed by atoms with Crippen molar-refractivity contribution in [3.8, 4) is 5.75 Å². The van der Waals surface area contributed by atoms with Gasteiger partial charge in [0, 0.05) is 11.0 Å². The molecule has 5 atom stereocenters. The summed E-state index contributed by atoms with van der Waals surface area (Å²) >= 11 is 0. The Hall–Kier alpha value is -1.59. The van der Waals surface area contributed by atoms with E-state index in [1.54, 1.807) is 6.07 Å². The van der Waals surface area contributed by atoms with Gasteiger partial charge in [0.25, 0.3) is 5.91 Å². The summed E-state index contributed by atoms with van der Waals surface area (Å²) in [7, 11) is 0. The van der Waals surface area contributed by atoms with Gasteiger partial charge in [0.1, 0.15) is 5.75 Å². The van der Waals surface area contributed by atoms with Crippen molar-refractivity contribution >= 4 is 5.91 Å². The fourth-order valence-electron chi connectivity index (χ4n) is 7.18. The monoisotopic (exact) mass is 385 g/mol. The van der Waals surface area contributed by atoms with Gasteiger partial charge in [0.05, 0.1) is 17.3 Å². The molecule has 2 unspecified atom stereocenters. The lowest BCUT2D eigenvalue weighted by molar-refractivity contribution is -0.185. The van der Waals surface area contributed by atoms with Crippen molar-refractivity contribution < 1.29 is 20.1 Å². The van der Waals surface area contributed by atoms with Crippen LogP contribution >= 0.6 is 0 Å². The molecule has 3 fully saturated rings. The van der Waals surface area contributed by atoms with E-state index >= 15 is 0 Å². The highest BCUT2D eigenvalue weighted by atomic mass is 16.3. The first kappa shape index (κ1) is 18.4. The molecule has 0 aromatic heterocycles. The zero-order valence-corrected chi connectivity index (χ0v) is 16.4. The largest absolute Gasteiger partial charge is 0.507 e. The lowest BCUT2D eigenvalue weighted by Gasteiger charge is -2.64. The number of hydrogen-bond acceptors (Lipinski definition) is 4. The Morgan fingerprint density at radius 3 is 2.64 bits per heavy atom. The molecule has 0 heterocycles. The first-order valence-electron chi connectivity index (χ1n) is 10.9. The minimum atomic E-state index is -0.931. The number of aliphatic hydroxyl groups is 2. The number of benzene rings is 1. The van der Waals surface area contributed by atoms with E-state index < -0.39 is 23.0 Å². The fraction of sp³-hybridized carbons (Fsp3) is 0.696. The molecule has 4 aliphatic carbocycles. The zero-order chi connectivity index (χ0) is 19.7. The van der Waals surface area contributed by atoms with E-state index in [2.05, 4.69) is 0 Å². The molecule has 1 amide bonds. The SMILES string of the molecule is NC(=O)c1ccc2c(c1O)C13CCC(CC4CCC4)[C@H](C2)[C@]1(O)CC[C@H](O)C3. The summed E-state index contributed by atoms with van der Waals surface area (Å²) in [6.07, 6.45) is 8.72. The molecule has 5 N–H and O–H groups in total. The molecule has 0 radical (unpaired) electrons. The van der Waals surface area contributed by atoms with Crippen LogP contribution in [0.15, 0.2) is 12.1 Å². The number of amides is 1. The number of fused-ring (bicyclic) bond motifs is 1. The number of rotatable bonds is 3. The van der Waals surface area contributed by atoms with Crippen molar-refractivity contribution in [3.05, 3.63) is 28.8 Å². The van der Waals surface area contributed by atoms with Crippen LogP contribution in [0.2, 0.25) is 0 Å². The van der Waals surface area contributed by atoms with Gasteiger partial charge in [-0.3, -0.25) is 4.79 Å². The second-order valence-electron chi connectivity index (χ2n) is 9.91. The standard InChI is InChI=1S/C23H31NO4/c24-21(27)17-5-4-15-11-18-14(10-13-2-1-3-13)6-8-22(19(15)20(17)26)12-16(25)7-9-23(18,22)28/h4-5,13-14,16,18,25-26,28H,1-3,6-12H2,(H2,24,27)/t14?,16-,18-,22?,23+/m0/s1. The molecule has 1 aromatic carbocycles. The van der Waals surface area contributed by atoms with Crippen molar-refractivity contribution in [2.45, 2.75) is 81.3 Å². The molecule has 2 bridgehead atoms. The molecule has 5 rings (SSSR count). The van der Waals surface area contributed by atoms with Gasteiger partial charge in [0.2, 0.25) is 0 Å². The maximum atomic E-state index is 12.1. The molecular formula is C23H31NO4. The van der Waals surface area contributed by atoms with Crippen LogP contribution in [0.1, 0.15) is 79.3 Å². The number of nitrogens with two attached hydrogens (primary N) is 1. The molecule has 152 valence electrons. The lowest BCUT2D eigenvalue weighted by atomic mass is 9.43. The third-order valence-electron chi connectivity index (χ3n) is 8.70. The minimum absolute atomic E-state index is 0.0755. The van der Waals surface area contributed by atoms with Crippen LogP contribution in [0, 0.1) is 17.8 Å². The number of phenols is 1. The van der Waals surface area contributed by atoms with Crippen LogP contribution in [-0.4, -0.2) is 32.9 Å². The van der Waals surface area contributed by atoms with Crippen molar-refractivity contribution in [2.24, 2.45) is 23.5 Å². The third kappa shape index (κ3) is 2.35. The molecule has 4 aliphatic rings. The molecule has 0 saturated heterocycles. The summed E-state index contributed by atoms with van der Waals surface area (Å²) in [5.74, 6) is 0.707. The summed E-state index contributed by atoms with van der Waals surface area (Å²) in [4.78, 5) is 11.8. The second-order valence-corrected chi connectivity index (χ2v) is 9.91. The predicted molar refractivity (Wildman–Crippen MR) is 105 cm³/mol. The number of hydrogen-bond donors (Lipinski definition) is 4. The number of carbonyl (C=O) groups is 1. The van der Waals surface area contributed by atoms with Crippen LogP contribution in [0.4, 0.5) is 0 Å². The Balaban J connectivity index is 1.65. The number of aromatic hydroxyl groups is 1. The van der Waals surface area contributed by atoms with Crippen molar-refractivity contribution in [1.82, 2.24) is 0 Å². The second kappa shape index (κ2) is 6.20. The van der Waals surface area contributed by atoms with Crippen LogP contribution in [-0.2, 0) is 11.8 Å². The van der Waals surface area contributed by atoms with Gasteiger partial charge < -0.3 is 21.1 Å². The van der Waals surface area contributed by atoms with Crippen LogP contribution in [0.3, 0.4) is 0 Å². The van der Waals surface area contributed by atoms with E-state index in [-0.39, 0.29) is 17.2 Å². The molecule has 0 aliphatic heterocycles. The topological polar surface area (TPSA) is 104 Å². The van der Waals surface area contributed by atoms with Gasteiger partial charge in [-0.05, 0) is 74.3 Å². The highest BCUT2D eigenvalue weighted by Crippen LogP contribution is 2.65. The maximum Gasteiger partial charge on any atom is 0.252 e. The fourth-order valence-corrected chi connectivity index (χ4v) is 7.18.